The van der Waals surface area contributed by atoms with E-state index in [-0.39, 0.29) is 0 Å². The molecule has 1 heterocycles. The van der Waals surface area contributed by atoms with Crippen molar-refractivity contribution in [3.8, 4) is 0 Å². The highest BCUT2D eigenvalue weighted by atomic mass is 35.5. The Labute approximate surface area is 83.7 Å². The molecule has 1 aliphatic heterocycles. The second kappa shape index (κ2) is 3.15. The third kappa shape index (κ3) is 1.87. The SMILES string of the molecule is CC1OC(C(F)(F)F)=CC(=O)C1(C)Cl. The number of ether oxygens (including phenoxy) is 1. The summed E-state index contributed by atoms with van der Waals surface area (Å²) in [6.07, 6.45) is -5.25. The van der Waals surface area contributed by atoms with Crippen LogP contribution in [0.4, 0.5) is 13.2 Å². The molecule has 0 amide bonds. The largest absolute Gasteiger partial charge is 0.483 e. The molecule has 2 unspecified atom stereocenters. The number of hydrogen-bond donors (Lipinski definition) is 0. The van der Waals surface area contributed by atoms with Gasteiger partial charge < -0.3 is 4.74 Å². The normalized spacial score (nSPS) is 33.7. The van der Waals surface area contributed by atoms with Gasteiger partial charge >= 0.3 is 6.18 Å². The molecule has 0 saturated heterocycles. The van der Waals surface area contributed by atoms with Gasteiger partial charge in [0, 0.05) is 6.08 Å². The number of carbonyl (C=O) groups excluding carboxylic acids is 1. The first-order valence-corrected chi connectivity index (χ1v) is 4.22. The lowest BCUT2D eigenvalue weighted by atomic mass is 9.96. The van der Waals surface area contributed by atoms with Crippen LogP contribution < -0.4 is 0 Å². The van der Waals surface area contributed by atoms with Crippen molar-refractivity contribution >= 4 is 17.4 Å². The lowest BCUT2D eigenvalue weighted by molar-refractivity contribution is -0.151. The fourth-order valence-electron chi connectivity index (χ4n) is 0.944. The fourth-order valence-corrected chi connectivity index (χ4v) is 1.04. The molecule has 2 nitrogen and oxygen atoms in total. The summed E-state index contributed by atoms with van der Waals surface area (Å²) < 4.78 is 41.0. The molecule has 0 radical (unpaired) electrons. The molecule has 1 aliphatic rings. The van der Waals surface area contributed by atoms with Crippen LogP contribution in [0.15, 0.2) is 11.8 Å². The van der Waals surface area contributed by atoms with Crippen molar-refractivity contribution in [3.63, 3.8) is 0 Å². The van der Waals surface area contributed by atoms with Crippen LogP contribution in [-0.2, 0) is 9.53 Å². The lowest BCUT2D eigenvalue weighted by Crippen LogP contribution is -2.45. The number of halogens is 4. The highest BCUT2D eigenvalue weighted by molar-refractivity contribution is 6.37. The molecule has 0 N–H and O–H groups in total. The Balaban J connectivity index is 3.04. The van der Waals surface area contributed by atoms with Crippen molar-refractivity contribution in [1.82, 2.24) is 0 Å². The Morgan fingerprint density at radius 3 is 2.43 bits per heavy atom. The molecule has 0 fully saturated rings. The van der Waals surface area contributed by atoms with Crippen LogP contribution in [0.5, 0.6) is 0 Å². The van der Waals surface area contributed by atoms with Gasteiger partial charge in [-0.25, -0.2) is 0 Å². The quantitative estimate of drug-likeness (QED) is 0.595. The fraction of sp³-hybridized carbons (Fsp3) is 0.625. The second-order valence-corrected chi connectivity index (χ2v) is 3.99. The summed E-state index contributed by atoms with van der Waals surface area (Å²) in [5.41, 5.74) is 0. The minimum absolute atomic E-state index is 0.396. The predicted octanol–water partition coefficient (Wildman–Crippen LogP) is 2.42. The molecule has 0 aromatic heterocycles. The van der Waals surface area contributed by atoms with Crippen molar-refractivity contribution in [2.24, 2.45) is 0 Å². The van der Waals surface area contributed by atoms with Crippen LogP contribution in [0.1, 0.15) is 13.8 Å². The van der Waals surface area contributed by atoms with Gasteiger partial charge in [-0.1, -0.05) is 0 Å². The molecular weight excluding hydrogens is 221 g/mol. The van der Waals surface area contributed by atoms with E-state index in [1.54, 1.807) is 0 Å². The molecule has 0 aromatic rings. The Kier molecular flexibility index (Phi) is 2.56. The molecule has 0 saturated carbocycles. The zero-order valence-electron chi connectivity index (χ0n) is 7.48. The molecular formula is C8H8ClF3O2. The lowest BCUT2D eigenvalue weighted by Gasteiger charge is -2.32. The number of ketones is 1. The molecule has 6 heteroatoms. The third-order valence-corrected chi connectivity index (χ3v) is 2.58. The first-order valence-electron chi connectivity index (χ1n) is 3.84. The maximum absolute atomic E-state index is 12.2. The summed E-state index contributed by atoms with van der Waals surface area (Å²) in [4.78, 5) is 9.77. The van der Waals surface area contributed by atoms with E-state index in [2.05, 4.69) is 4.74 Å². The Hall–Kier alpha value is -0.710. The minimum Gasteiger partial charge on any atom is -0.483 e. The highest BCUT2D eigenvalue weighted by Crippen LogP contribution is 2.36. The number of rotatable bonds is 0. The van der Waals surface area contributed by atoms with E-state index in [4.69, 9.17) is 11.6 Å². The molecule has 0 aliphatic carbocycles. The van der Waals surface area contributed by atoms with Gasteiger partial charge in [-0.3, -0.25) is 4.79 Å². The number of alkyl halides is 4. The number of allylic oxidation sites excluding steroid dienone is 2. The third-order valence-electron chi connectivity index (χ3n) is 2.09. The molecule has 0 bridgehead atoms. The molecule has 0 spiro atoms. The minimum atomic E-state index is -4.64. The maximum atomic E-state index is 12.2. The average molecular weight is 229 g/mol. The van der Waals surface area contributed by atoms with Gasteiger partial charge in [0.25, 0.3) is 0 Å². The van der Waals surface area contributed by atoms with Gasteiger partial charge in [0.2, 0.25) is 5.76 Å². The van der Waals surface area contributed by atoms with Gasteiger partial charge in [-0.15, -0.1) is 11.6 Å². The van der Waals surface area contributed by atoms with Crippen LogP contribution in [0.3, 0.4) is 0 Å². The van der Waals surface area contributed by atoms with E-state index in [1.807, 2.05) is 0 Å². The van der Waals surface area contributed by atoms with Gasteiger partial charge in [-0.2, -0.15) is 13.2 Å². The van der Waals surface area contributed by atoms with Crippen molar-refractivity contribution in [2.45, 2.75) is 31.0 Å². The van der Waals surface area contributed by atoms with E-state index < -0.39 is 28.7 Å². The van der Waals surface area contributed by atoms with Crippen LogP contribution in [-0.4, -0.2) is 22.9 Å². The predicted molar refractivity (Wildman–Crippen MR) is 44.0 cm³/mol. The van der Waals surface area contributed by atoms with Crippen LogP contribution in [0.2, 0.25) is 0 Å². The molecule has 2 atom stereocenters. The van der Waals surface area contributed by atoms with E-state index in [0.717, 1.165) is 0 Å². The van der Waals surface area contributed by atoms with Crippen molar-refractivity contribution in [1.29, 1.82) is 0 Å². The number of hydrogen-bond acceptors (Lipinski definition) is 2. The first kappa shape index (κ1) is 11.4. The van der Waals surface area contributed by atoms with Crippen molar-refractivity contribution in [3.05, 3.63) is 11.8 Å². The summed E-state index contributed by atoms with van der Waals surface area (Å²) in [6, 6.07) is 0. The van der Waals surface area contributed by atoms with Crippen LogP contribution >= 0.6 is 11.6 Å². The zero-order chi connectivity index (χ0) is 11.1. The standard InChI is InChI=1S/C8H8ClF3O2/c1-4-7(2,9)5(13)3-6(14-4)8(10,11)12/h3-4H,1-2H3. The highest BCUT2D eigenvalue weighted by Gasteiger charge is 2.47. The van der Waals surface area contributed by atoms with Gasteiger partial charge in [0.15, 0.2) is 5.78 Å². The number of carbonyl (C=O) groups is 1. The first-order chi connectivity index (χ1) is 6.15. The Bertz CT molecular complexity index is 293. The van der Waals surface area contributed by atoms with E-state index in [0.29, 0.717) is 6.08 Å². The van der Waals surface area contributed by atoms with Gasteiger partial charge in [0.1, 0.15) is 11.0 Å². The van der Waals surface area contributed by atoms with E-state index >= 15 is 0 Å². The average Bonchev–Trinajstić information content (AvgIpc) is 1.98. The van der Waals surface area contributed by atoms with Gasteiger partial charge in [-0.05, 0) is 13.8 Å². The summed E-state index contributed by atoms with van der Waals surface area (Å²) >= 11 is 5.70. The molecule has 80 valence electrons. The summed E-state index contributed by atoms with van der Waals surface area (Å²) in [5, 5.41) is 0. The molecule has 1 rings (SSSR count). The smallest absolute Gasteiger partial charge is 0.449 e. The van der Waals surface area contributed by atoms with Crippen LogP contribution in [0, 0.1) is 0 Å². The summed E-state index contributed by atoms with van der Waals surface area (Å²) in [7, 11) is 0. The zero-order valence-corrected chi connectivity index (χ0v) is 8.24. The van der Waals surface area contributed by atoms with Crippen LogP contribution in [0.25, 0.3) is 0 Å². The Morgan fingerprint density at radius 2 is 2.07 bits per heavy atom. The Morgan fingerprint density at radius 1 is 1.57 bits per heavy atom. The van der Waals surface area contributed by atoms with Crippen molar-refractivity contribution in [2.75, 3.05) is 0 Å². The van der Waals surface area contributed by atoms with Gasteiger partial charge in [0.05, 0.1) is 0 Å². The maximum Gasteiger partial charge on any atom is 0.449 e. The van der Waals surface area contributed by atoms with E-state index in [1.165, 1.54) is 13.8 Å². The van der Waals surface area contributed by atoms with Crippen molar-refractivity contribution < 1.29 is 22.7 Å². The molecule has 14 heavy (non-hydrogen) atoms. The molecule has 0 aromatic carbocycles. The summed E-state index contributed by atoms with van der Waals surface area (Å²) in [6.45, 7) is 2.65. The second-order valence-electron chi connectivity index (χ2n) is 3.21. The monoisotopic (exact) mass is 228 g/mol. The topological polar surface area (TPSA) is 26.3 Å². The van der Waals surface area contributed by atoms with E-state index in [9.17, 15) is 18.0 Å². The summed E-state index contributed by atoms with van der Waals surface area (Å²) in [5.74, 6) is -2.07.